The summed E-state index contributed by atoms with van der Waals surface area (Å²) in [5, 5.41) is 17.6. The Labute approximate surface area is 311 Å². The summed E-state index contributed by atoms with van der Waals surface area (Å²) in [4.78, 5) is 19.5. The minimum Gasteiger partial charge on any atom is -0.505 e. The van der Waals surface area contributed by atoms with E-state index in [4.69, 9.17) is 19.3 Å². The van der Waals surface area contributed by atoms with Crippen molar-refractivity contribution in [3.63, 3.8) is 0 Å². The minimum absolute atomic E-state index is 0.0264. The number of phenolic OH excluding ortho intramolecular Hbond substituents is 1. The van der Waals surface area contributed by atoms with Crippen molar-refractivity contribution in [2.45, 2.75) is 37.8 Å². The number of nitrogens with one attached hydrogen (secondary N) is 2. The van der Waals surface area contributed by atoms with Gasteiger partial charge < -0.3 is 30.0 Å². The number of ether oxygens (including phenoxy) is 3. The van der Waals surface area contributed by atoms with Crippen LogP contribution < -0.4 is 15.4 Å². The van der Waals surface area contributed by atoms with Crippen LogP contribution in [0.4, 0.5) is 29.5 Å². The molecule has 2 aromatic carbocycles. The number of aromatic hydroxyl groups is 1. The maximum atomic E-state index is 13.7. The van der Waals surface area contributed by atoms with Crippen molar-refractivity contribution < 1.29 is 36.9 Å². The van der Waals surface area contributed by atoms with Crippen LogP contribution in [0.1, 0.15) is 25.7 Å². The monoisotopic (exact) mass is 854 g/mol. The topological polar surface area (TPSA) is 124 Å². The Morgan fingerprint density at radius 2 is 1.24 bits per heavy atom. The number of anilines is 2. The molecule has 0 saturated carbocycles. The van der Waals surface area contributed by atoms with Gasteiger partial charge >= 0.3 is 0 Å². The third-order valence-electron chi connectivity index (χ3n) is 7.62. The lowest BCUT2D eigenvalue weighted by molar-refractivity contribution is 0.0902. The molecule has 0 atom stereocenters. The summed E-state index contributed by atoms with van der Waals surface area (Å²) in [5.41, 5.74) is 0. The molecule has 0 amide bonds. The summed E-state index contributed by atoms with van der Waals surface area (Å²) in [7, 11) is 0. The van der Waals surface area contributed by atoms with Gasteiger partial charge in [0.25, 0.3) is 0 Å². The van der Waals surface area contributed by atoms with Crippen molar-refractivity contribution >= 4 is 77.6 Å². The molecule has 2 aliphatic rings. The van der Waals surface area contributed by atoms with Gasteiger partial charge in [-0.3, -0.25) is 0 Å². The largest absolute Gasteiger partial charge is 0.505 e. The molecule has 2 saturated heterocycles. The van der Waals surface area contributed by atoms with Gasteiger partial charge in [0.1, 0.15) is 21.3 Å². The van der Waals surface area contributed by atoms with E-state index in [0.717, 1.165) is 103 Å². The van der Waals surface area contributed by atoms with Gasteiger partial charge in [-0.1, -0.05) is 11.3 Å². The summed E-state index contributed by atoms with van der Waals surface area (Å²) in [6.45, 7) is 3.13. The average Bonchev–Trinajstić information content (AvgIpc) is 3.70. The van der Waals surface area contributed by atoms with Crippen molar-refractivity contribution in [3.8, 4) is 16.6 Å². The first-order valence-electron chi connectivity index (χ1n) is 15.8. The number of halogens is 5. The van der Waals surface area contributed by atoms with Gasteiger partial charge in [-0.15, -0.1) is 11.3 Å². The van der Waals surface area contributed by atoms with Crippen molar-refractivity contribution in [3.05, 3.63) is 87.1 Å². The lowest BCUT2D eigenvalue weighted by Crippen LogP contribution is -2.28. The maximum absolute atomic E-state index is 13.7. The Morgan fingerprint density at radius 1 is 0.706 bits per heavy atom. The number of hydrogen-bond acceptors (Lipinski definition) is 12. The molecule has 3 N–H and O–H groups in total. The normalized spacial score (nSPS) is 15.1. The fourth-order valence-corrected chi connectivity index (χ4v) is 7.56. The molecule has 0 bridgehead atoms. The molecule has 10 nitrogen and oxygen atoms in total. The van der Waals surface area contributed by atoms with E-state index >= 15 is 0 Å². The van der Waals surface area contributed by atoms with E-state index in [1.54, 1.807) is 23.6 Å². The van der Waals surface area contributed by atoms with E-state index in [1.165, 1.54) is 20.3 Å². The predicted octanol–water partition coefficient (Wildman–Crippen LogP) is 8.91. The fraction of sp³-hybridized carbons (Fsp3) is 0.294. The lowest BCUT2D eigenvalue weighted by atomic mass is 10.1. The molecule has 8 rings (SSSR count). The third-order valence-corrected chi connectivity index (χ3v) is 10.3. The van der Waals surface area contributed by atoms with Gasteiger partial charge in [0.15, 0.2) is 28.2 Å². The van der Waals surface area contributed by atoms with Crippen LogP contribution in [0.3, 0.4) is 0 Å². The van der Waals surface area contributed by atoms with Crippen molar-refractivity contribution in [2.75, 3.05) is 37.1 Å². The highest BCUT2D eigenvalue weighted by Crippen LogP contribution is 2.35. The maximum Gasteiger partial charge on any atom is 0.224 e. The van der Waals surface area contributed by atoms with Crippen LogP contribution in [-0.2, 0) is 9.47 Å². The van der Waals surface area contributed by atoms with Crippen molar-refractivity contribution in [2.24, 2.45) is 0 Å². The predicted molar refractivity (Wildman–Crippen MR) is 197 cm³/mol. The van der Waals surface area contributed by atoms with Crippen molar-refractivity contribution in [1.29, 1.82) is 0 Å². The molecule has 6 aromatic rings. The molecule has 0 aliphatic carbocycles. The van der Waals surface area contributed by atoms with E-state index in [9.17, 15) is 17.6 Å². The van der Waals surface area contributed by atoms with Crippen LogP contribution in [0, 0.1) is 26.2 Å². The quantitative estimate of drug-likeness (QED) is 0.111. The highest BCUT2D eigenvalue weighted by Gasteiger charge is 2.17. The Bertz CT molecular complexity index is 2080. The lowest BCUT2D eigenvalue weighted by Gasteiger charge is -2.22. The van der Waals surface area contributed by atoms with Crippen LogP contribution in [0.15, 0.2) is 60.9 Å². The number of hydrogen-bond donors (Lipinski definition) is 3. The van der Waals surface area contributed by atoms with Gasteiger partial charge in [0.05, 0.1) is 2.88 Å². The van der Waals surface area contributed by atoms with Gasteiger partial charge in [0.2, 0.25) is 11.9 Å². The minimum atomic E-state index is -0.935. The summed E-state index contributed by atoms with van der Waals surface area (Å²) >= 11 is 5.30. The van der Waals surface area contributed by atoms with Gasteiger partial charge in [-0.2, -0.15) is 0 Å². The zero-order chi connectivity index (χ0) is 35.7. The van der Waals surface area contributed by atoms with Crippen LogP contribution in [-0.4, -0.2) is 63.6 Å². The first-order chi connectivity index (χ1) is 24.7. The summed E-state index contributed by atoms with van der Waals surface area (Å²) in [6.07, 6.45) is 7.50. The smallest absolute Gasteiger partial charge is 0.224 e. The number of nitrogens with zero attached hydrogens (tertiary/aromatic N) is 4. The van der Waals surface area contributed by atoms with Crippen LogP contribution in [0.25, 0.3) is 20.4 Å². The highest BCUT2D eigenvalue weighted by molar-refractivity contribution is 14.1. The highest BCUT2D eigenvalue weighted by atomic mass is 127. The standard InChI is InChI=1S/C17H15F2N3O2S.C11H12IN3OS.C6H4F2O/c18-11-1-2-14(13(19)8-11)24-15-7-10-9-20-17(22-16(10)25-15)21-12-3-5-23-6-4-12;12-9-5-7-6-13-11(15-10(7)17-9)14-8-1-3-16-4-2-8;7-4-1-2-6(9)5(8)3-4/h1-2,7-9,12H,3-6H2,(H,20,21,22);5-6,8H,1-4H2,(H,13,14,15);1-3,9H. The molecular formula is C34H31F4IN6O4S2. The number of aromatic nitrogens is 4. The Kier molecular flexibility index (Phi) is 12.7. The molecule has 0 spiro atoms. The zero-order valence-electron chi connectivity index (χ0n) is 26.8. The number of benzene rings is 2. The SMILES string of the molecule is Fc1ccc(Oc2cc3cnc(NC4CCOCC4)nc3s2)c(F)c1.Ic1cc2cnc(NC3CCOCC3)nc2s1.Oc1ccc(F)cc1F. The number of thiophene rings is 2. The average molecular weight is 855 g/mol. The summed E-state index contributed by atoms with van der Waals surface area (Å²) in [5.74, 6) is -2.28. The second-order valence-electron chi connectivity index (χ2n) is 11.4. The van der Waals surface area contributed by atoms with Gasteiger partial charge in [-0.05, 0) is 78.6 Å². The third kappa shape index (κ3) is 10.6. The van der Waals surface area contributed by atoms with Crippen molar-refractivity contribution in [1.82, 2.24) is 19.9 Å². The van der Waals surface area contributed by atoms with Crippen LogP contribution in [0.2, 0.25) is 0 Å². The molecule has 17 heteroatoms. The molecule has 268 valence electrons. The molecule has 2 aliphatic heterocycles. The van der Waals surface area contributed by atoms with E-state index in [2.05, 4.69) is 59.2 Å². The zero-order valence-corrected chi connectivity index (χ0v) is 30.5. The molecule has 0 unspecified atom stereocenters. The molecular weight excluding hydrogens is 823 g/mol. The first-order valence-corrected chi connectivity index (χ1v) is 18.5. The number of rotatable bonds is 6. The second kappa shape index (κ2) is 17.5. The van der Waals surface area contributed by atoms with E-state index in [1.807, 2.05) is 6.20 Å². The van der Waals surface area contributed by atoms with Crippen LogP contribution in [0.5, 0.6) is 16.6 Å². The van der Waals surface area contributed by atoms with Crippen LogP contribution >= 0.6 is 45.3 Å². The van der Waals surface area contributed by atoms with E-state index in [-0.39, 0.29) is 5.75 Å². The first kappa shape index (κ1) is 36.9. The molecule has 4 aromatic heterocycles. The molecule has 0 radical (unpaired) electrons. The Hall–Kier alpha value is -3.91. The second-order valence-corrected chi connectivity index (χ2v) is 15.3. The summed E-state index contributed by atoms with van der Waals surface area (Å²) in [6, 6.07) is 10.4. The number of phenols is 1. The molecule has 51 heavy (non-hydrogen) atoms. The fourth-order valence-electron chi connectivity index (χ4n) is 4.99. The Balaban J connectivity index is 0.000000148. The summed E-state index contributed by atoms with van der Waals surface area (Å²) < 4.78 is 68.2. The van der Waals surface area contributed by atoms with Gasteiger partial charge in [0, 0.05) is 79.9 Å². The molecule has 2 fully saturated rings. The number of fused-ring (bicyclic) bond motifs is 2. The van der Waals surface area contributed by atoms with E-state index in [0.29, 0.717) is 29.2 Å². The van der Waals surface area contributed by atoms with E-state index < -0.39 is 29.0 Å². The van der Waals surface area contributed by atoms with Gasteiger partial charge in [-0.25, -0.2) is 37.5 Å². The molecule has 6 heterocycles. The Morgan fingerprint density at radius 3 is 1.78 bits per heavy atom.